The van der Waals surface area contributed by atoms with Crippen LogP contribution in [0.1, 0.15) is 57.3 Å². The number of aromatic nitrogens is 1. The first kappa shape index (κ1) is 18.4. The van der Waals surface area contributed by atoms with Crippen LogP contribution in [0.3, 0.4) is 0 Å². The van der Waals surface area contributed by atoms with Crippen LogP contribution in [0.4, 0.5) is 5.69 Å². The lowest BCUT2D eigenvalue weighted by atomic mass is 9.88. The maximum absolute atomic E-state index is 12.3. The summed E-state index contributed by atoms with van der Waals surface area (Å²) in [5.74, 6) is 0.651. The van der Waals surface area contributed by atoms with Crippen molar-refractivity contribution < 1.29 is 17.6 Å². The van der Waals surface area contributed by atoms with Crippen molar-refractivity contribution >= 4 is 32.7 Å². The molecule has 27 heavy (non-hydrogen) atoms. The van der Waals surface area contributed by atoms with Crippen LogP contribution in [-0.2, 0) is 14.8 Å². The van der Waals surface area contributed by atoms with Gasteiger partial charge in [-0.1, -0.05) is 6.92 Å². The Kier molecular flexibility index (Phi) is 4.94. The number of carbonyl (C=O) groups is 1. The summed E-state index contributed by atoms with van der Waals surface area (Å²) in [6.07, 6.45) is 5.88. The van der Waals surface area contributed by atoms with Gasteiger partial charge >= 0.3 is 0 Å². The Morgan fingerprint density at radius 3 is 2.63 bits per heavy atom. The predicted molar refractivity (Wildman–Crippen MR) is 103 cm³/mol. The number of hydrogen-bond acceptors (Lipinski definition) is 5. The number of anilines is 1. The van der Waals surface area contributed by atoms with Crippen LogP contribution in [0.5, 0.6) is 0 Å². The number of fused-ring (bicyclic) bond motifs is 1. The van der Waals surface area contributed by atoms with Gasteiger partial charge in [0.2, 0.25) is 15.9 Å². The molecule has 2 aliphatic carbocycles. The summed E-state index contributed by atoms with van der Waals surface area (Å²) in [6, 6.07) is 5.10. The fourth-order valence-electron chi connectivity index (χ4n) is 3.57. The number of amides is 1. The summed E-state index contributed by atoms with van der Waals surface area (Å²) in [6.45, 7) is 2.18. The molecule has 2 aromatic rings. The quantitative estimate of drug-likeness (QED) is 0.788. The number of sulfonamides is 1. The monoisotopic (exact) mass is 391 g/mol. The summed E-state index contributed by atoms with van der Waals surface area (Å²) >= 11 is 0. The smallest absolute Gasteiger partial charge is 0.240 e. The van der Waals surface area contributed by atoms with Gasteiger partial charge in [0.25, 0.3) is 0 Å². The fourth-order valence-corrected chi connectivity index (χ4v) is 4.82. The lowest BCUT2D eigenvalue weighted by Crippen LogP contribution is -2.41. The van der Waals surface area contributed by atoms with Crippen molar-refractivity contribution in [1.82, 2.24) is 9.71 Å². The molecule has 0 unspecified atom stereocenters. The molecule has 4 rings (SSSR count). The Labute approximate surface area is 159 Å². The SMILES string of the molecule is CC1CCC(NS(=O)(=O)CC(=O)Nc2ccc3oc(C4CC4)nc3c2)CC1. The highest BCUT2D eigenvalue weighted by molar-refractivity contribution is 7.90. The summed E-state index contributed by atoms with van der Waals surface area (Å²) in [5.41, 5.74) is 1.87. The molecule has 1 amide bonds. The highest BCUT2D eigenvalue weighted by atomic mass is 32.2. The molecular formula is C19H25N3O4S. The molecule has 0 aliphatic heterocycles. The Morgan fingerprint density at radius 2 is 1.93 bits per heavy atom. The number of rotatable bonds is 6. The van der Waals surface area contributed by atoms with Gasteiger partial charge in [0, 0.05) is 17.6 Å². The van der Waals surface area contributed by atoms with E-state index in [1.165, 1.54) is 0 Å². The van der Waals surface area contributed by atoms with Gasteiger partial charge in [0.1, 0.15) is 11.3 Å². The highest BCUT2D eigenvalue weighted by Crippen LogP contribution is 2.40. The molecule has 1 heterocycles. The zero-order valence-corrected chi connectivity index (χ0v) is 16.2. The molecule has 2 aliphatic rings. The second kappa shape index (κ2) is 7.24. The van der Waals surface area contributed by atoms with Crippen LogP contribution < -0.4 is 10.0 Å². The molecule has 1 aromatic carbocycles. The van der Waals surface area contributed by atoms with Crippen LogP contribution >= 0.6 is 0 Å². The molecule has 2 fully saturated rings. The highest BCUT2D eigenvalue weighted by Gasteiger charge is 2.29. The van der Waals surface area contributed by atoms with E-state index in [1.54, 1.807) is 18.2 Å². The van der Waals surface area contributed by atoms with Crippen LogP contribution in [0.25, 0.3) is 11.1 Å². The molecule has 0 atom stereocenters. The summed E-state index contributed by atoms with van der Waals surface area (Å²) in [4.78, 5) is 16.7. The summed E-state index contributed by atoms with van der Waals surface area (Å²) in [5, 5.41) is 2.65. The first-order valence-corrected chi connectivity index (χ1v) is 11.2. The van der Waals surface area contributed by atoms with E-state index in [1.807, 2.05) is 0 Å². The van der Waals surface area contributed by atoms with Crippen LogP contribution in [0.15, 0.2) is 22.6 Å². The zero-order valence-electron chi connectivity index (χ0n) is 15.4. The molecule has 0 saturated heterocycles. The predicted octanol–water partition coefficient (Wildman–Crippen LogP) is 3.14. The van der Waals surface area contributed by atoms with Crippen molar-refractivity contribution in [2.45, 2.75) is 57.4 Å². The van der Waals surface area contributed by atoms with Gasteiger partial charge in [0.05, 0.1) is 0 Å². The standard InChI is InChI=1S/C19H25N3O4S/c1-12-2-6-14(7-3-12)22-27(24,25)11-18(23)20-15-8-9-17-16(10-15)21-19(26-17)13-4-5-13/h8-10,12-14,22H,2-7,11H2,1H3,(H,20,23). The van der Waals surface area contributed by atoms with Crippen molar-refractivity contribution in [3.63, 3.8) is 0 Å². The maximum atomic E-state index is 12.3. The van der Waals surface area contributed by atoms with E-state index in [2.05, 4.69) is 21.9 Å². The number of nitrogens with one attached hydrogen (secondary N) is 2. The van der Waals surface area contributed by atoms with E-state index in [4.69, 9.17) is 4.42 Å². The molecule has 0 bridgehead atoms. The van der Waals surface area contributed by atoms with Gasteiger partial charge in [-0.2, -0.15) is 0 Å². The third-order valence-corrected chi connectivity index (χ3v) is 6.63. The minimum absolute atomic E-state index is 0.0636. The van der Waals surface area contributed by atoms with Gasteiger partial charge in [-0.25, -0.2) is 18.1 Å². The minimum atomic E-state index is -3.66. The van der Waals surface area contributed by atoms with Crippen LogP contribution in [0, 0.1) is 5.92 Å². The van der Waals surface area contributed by atoms with E-state index in [0.717, 1.165) is 44.4 Å². The molecule has 2 N–H and O–H groups in total. The Balaban J connectivity index is 1.36. The van der Waals surface area contributed by atoms with Gasteiger partial charge < -0.3 is 9.73 Å². The summed E-state index contributed by atoms with van der Waals surface area (Å²) in [7, 11) is -3.66. The number of benzene rings is 1. The second-order valence-electron chi connectivity index (χ2n) is 7.89. The van der Waals surface area contributed by atoms with Crippen LogP contribution in [-0.4, -0.2) is 31.1 Å². The largest absolute Gasteiger partial charge is 0.440 e. The molecular weight excluding hydrogens is 366 g/mol. The molecule has 7 nitrogen and oxygen atoms in total. The lowest BCUT2D eigenvalue weighted by molar-refractivity contribution is -0.113. The summed E-state index contributed by atoms with van der Waals surface area (Å²) < 4.78 is 32.9. The molecule has 146 valence electrons. The number of nitrogens with zero attached hydrogens (tertiary/aromatic N) is 1. The van der Waals surface area contributed by atoms with E-state index >= 15 is 0 Å². The molecule has 1 aromatic heterocycles. The van der Waals surface area contributed by atoms with E-state index in [9.17, 15) is 13.2 Å². The van der Waals surface area contributed by atoms with Crippen molar-refractivity contribution in [3.05, 3.63) is 24.1 Å². The molecule has 0 spiro atoms. The molecule has 0 radical (unpaired) electrons. The average molecular weight is 391 g/mol. The van der Waals surface area contributed by atoms with Crippen molar-refractivity contribution in [2.24, 2.45) is 5.92 Å². The Hall–Kier alpha value is -1.93. The average Bonchev–Trinajstić information content (AvgIpc) is 3.36. The van der Waals surface area contributed by atoms with E-state index < -0.39 is 21.7 Å². The number of carbonyl (C=O) groups excluding carboxylic acids is 1. The van der Waals surface area contributed by atoms with Crippen molar-refractivity contribution in [2.75, 3.05) is 11.1 Å². The molecule has 8 heteroatoms. The fraction of sp³-hybridized carbons (Fsp3) is 0.579. The van der Waals surface area contributed by atoms with Gasteiger partial charge in [-0.05, 0) is 62.6 Å². The number of oxazole rings is 1. The first-order valence-electron chi connectivity index (χ1n) is 9.58. The zero-order chi connectivity index (χ0) is 19.0. The van der Waals surface area contributed by atoms with E-state index in [-0.39, 0.29) is 6.04 Å². The first-order chi connectivity index (χ1) is 12.9. The van der Waals surface area contributed by atoms with Crippen LogP contribution in [0.2, 0.25) is 0 Å². The number of hydrogen-bond donors (Lipinski definition) is 2. The lowest BCUT2D eigenvalue weighted by Gasteiger charge is -2.26. The molecule has 2 saturated carbocycles. The van der Waals surface area contributed by atoms with Gasteiger partial charge in [0.15, 0.2) is 11.5 Å². The normalized spacial score (nSPS) is 23.4. The Bertz CT molecular complexity index is 941. The van der Waals surface area contributed by atoms with Gasteiger partial charge in [-0.15, -0.1) is 0 Å². The third-order valence-electron chi connectivity index (χ3n) is 5.30. The maximum Gasteiger partial charge on any atom is 0.240 e. The van der Waals surface area contributed by atoms with Crippen molar-refractivity contribution in [1.29, 1.82) is 0 Å². The topological polar surface area (TPSA) is 101 Å². The van der Waals surface area contributed by atoms with E-state index in [0.29, 0.717) is 28.6 Å². The third kappa shape index (κ3) is 4.68. The Morgan fingerprint density at radius 1 is 1.19 bits per heavy atom. The van der Waals surface area contributed by atoms with Gasteiger partial charge in [-0.3, -0.25) is 4.79 Å². The van der Waals surface area contributed by atoms with Crippen molar-refractivity contribution in [3.8, 4) is 0 Å². The second-order valence-corrected chi connectivity index (χ2v) is 9.64. The minimum Gasteiger partial charge on any atom is -0.440 e.